The minimum atomic E-state index is 0.379. The first-order valence-electron chi connectivity index (χ1n) is 8.25. The van der Waals surface area contributed by atoms with E-state index in [4.69, 9.17) is 0 Å². The number of aryl methyl sites for hydroxylation is 1. The maximum Gasteiger partial charge on any atom is 0.188 e. The van der Waals surface area contributed by atoms with Crippen LogP contribution in [0.25, 0.3) is 16.8 Å². The third kappa shape index (κ3) is 3.66. The lowest BCUT2D eigenvalue weighted by atomic mass is 10.0. The number of thiazole rings is 1. The van der Waals surface area contributed by atoms with E-state index in [9.17, 15) is 5.21 Å². The highest BCUT2D eigenvalue weighted by atomic mass is 32.1. The van der Waals surface area contributed by atoms with Gasteiger partial charge in [-0.3, -0.25) is 0 Å². The Morgan fingerprint density at radius 2 is 1.88 bits per heavy atom. The summed E-state index contributed by atoms with van der Waals surface area (Å²) in [6, 6.07) is 14.0. The standard InChI is InChI=1S/C20H17N4OS/c1-14-4-2-6-19(21-14)23-20-22-18(13-26-20)16-9-7-15(8-10-16)17-5-3-11-24(25)12-17/h2-11,13H,12H2,1H3,(H,21,22,23)/q-1. The summed E-state index contributed by atoms with van der Waals surface area (Å²) in [5.74, 6) is 0.792. The highest BCUT2D eigenvalue weighted by Gasteiger charge is 2.08. The van der Waals surface area contributed by atoms with E-state index >= 15 is 0 Å². The Morgan fingerprint density at radius 3 is 2.65 bits per heavy atom. The Morgan fingerprint density at radius 1 is 1.08 bits per heavy atom. The number of nitrogens with zero attached hydrogens (tertiary/aromatic N) is 3. The molecule has 4 rings (SSSR count). The highest BCUT2D eigenvalue weighted by Crippen LogP contribution is 2.28. The van der Waals surface area contributed by atoms with Crippen molar-refractivity contribution < 1.29 is 0 Å². The van der Waals surface area contributed by atoms with Gasteiger partial charge in [-0.1, -0.05) is 36.4 Å². The van der Waals surface area contributed by atoms with Gasteiger partial charge in [0.25, 0.3) is 0 Å². The molecule has 0 spiro atoms. The van der Waals surface area contributed by atoms with Crippen molar-refractivity contribution in [3.05, 3.63) is 82.7 Å². The van der Waals surface area contributed by atoms with Gasteiger partial charge in [-0.05, 0) is 42.5 Å². The van der Waals surface area contributed by atoms with Crippen LogP contribution in [-0.4, -0.2) is 21.6 Å². The third-order valence-corrected chi connectivity index (χ3v) is 4.81. The van der Waals surface area contributed by atoms with Crippen molar-refractivity contribution in [3.8, 4) is 11.3 Å². The molecule has 1 aliphatic rings. The zero-order valence-electron chi connectivity index (χ0n) is 14.2. The molecule has 1 aliphatic heterocycles. The van der Waals surface area contributed by atoms with Gasteiger partial charge in [-0.15, -0.1) is 11.3 Å². The van der Waals surface area contributed by atoms with E-state index in [1.165, 1.54) is 6.20 Å². The first kappa shape index (κ1) is 16.5. The molecule has 1 N–H and O–H groups in total. The smallest absolute Gasteiger partial charge is 0.188 e. The number of pyridine rings is 1. The van der Waals surface area contributed by atoms with Gasteiger partial charge >= 0.3 is 0 Å². The number of nitrogens with one attached hydrogen (secondary N) is 1. The van der Waals surface area contributed by atoms with Crippen LogP contribution in [-0.2, 0) is 0 Å². The van der Waals surface area contributed by atoms with Crippen LogP contribution in [0.4, 0.5) is 10.9 Å². The average molecular weight is 361 g/mol. The van der Waals surface area contributed by atoms with Crippen molar-refractivity contribution in [3.63, 3.8) is 0 Å². The van der Waals surface area contributed by atoms with Gasteiger partial charge < -0.3 is 15.6 Å². The van der Waals surface area contributed by atoms with Gasteiger partial charge in [-0.2, -0.15) is 0 Å². The molecule has 0 aliphatic carbocycles. The predicted molar refractivity (Wildman–Crippen MR) is 107 cm³/mol. The number of benzene rings is 1. The van der Waals surface area contributed by atoms with Crippen LogP contribution in [0.15, 0.2) is 66.2 Å². The summed E-state index contributed by atoms with van der Waals surface area (Å²) in [7, 11) is 0. The lowest BCUT2D eigenvalue weighted by Gasteiger charge is -2.29. The number of hydrogen-bond acceptors (Lipinski definition) is 6. The molecular formula is C20H17N4OS-. The molecule has 0 bridgehead atoms. The predicted octanol–water partition coefficient (Wildman–Crippen LogP) is 4.97. The molecule has 0 fully saturated rings. The summed E-state index contributed by atoms with van der Waals surface area (Å²) >= 11 is 1.55. The Balaban J connectivity index is 1.51. The summed E-state index contributed by atoms with van der Waals surface area (Å²) < 4.78 is 0. The molecule has 0 saturated heterocycles. The van der Waals surface area contributed by atoms with E-state index < -0.39 is 0 Å². The fourth-order valence-corrected chi connectivity index (χ4v) is 3.48. The Hall–Kier alpha value is -2.96. The molecule has 26 heavy (non-hydrogen) atoms. The SMILES string of the molecule is Cc1cccc(Nc2nc(-c3ccc(C4=CC=CN([O-])C4)cc3)cs2)n1. The zero-order valence-corrected chi connectivity index (χ0v) is 15.0. The van der Waals surface area contributed by atoms with E-state index in [1.807, 2.05) is 60.8 Å². The first-order chi connectivity index (χ1) is 12.7. The van der Waals surface area contributed by atoms with Crippen LogP contribution in [0.5, 0.6) is 0 Å². The third-order valence-electron chi connectivity index (χ3n) is 4.05. The van der Waals surface area contributed by atoms with E-state index in [0.717, 1.165) is 44.1 Å². The summed E-state index contributed by atoms with van der Waals surface area (Å²) in [6.45, 7) is 2.34. The molecule has 130 valence electrons. The summed E-state index contributed by atoms with van der Waals surface area (Å²) in [4.78, 5) is 9.08. The molecule has 5 nitrogen and oxygen atoms in total. The fraction of sp³-hybridized carbons (Fsp3) is 0.100. The number of anilines is 2. The van der Waals surface area contributed by atoms with Crippen molar-refractivity contribution in [2.24, 2.45) is 0 Å². The molecule has 0 atom stereocenters. The number of rotatable bonds is 4. The summed E-state index contributed by atoms with van der Waals surface area (Å²) in [5.41, 5.74) is 4.99. The van der Waals surface area contributed by atoms with Crippen LogP contribution < -0.4 is 5.32 Å². The molecule has 0 unspecified atom stereocenters. The van der Waals surface area contributed by atoms with Crippen LogP contribution in [0.3, 0.4) is 0 Å². The number of allylic oxidation sites excluding steroid dienone is 2. The molecule has 0 radical (unpaired) electrons. The second-order valence-electron chi connectivity index (χ2n) is 6.01. The number of hydrogen-bond donors (Lipinski definition) is 1. The normalized spacial score (nSPS) is 13.6. The van der Waals surface area contributed by atoms with Crippen molar-refractivity contribution in [1.29, 1.82) is 0 Å². The quantitative estimate of drug-likeness (QED) is 0.711. The summed E-state index contributed by atoms with van der Waals surface area (Å²) in [6.07, 6.45) is 5.28. The highest BCUT2D eigenvalue weighted by molar-refractivity contribution is 7.14. The van der Waals surface area contributed by atoms with E-state index in [1.54, 1.807) is 17.4 Å². The molecule has 0 saturated carbocycles. The van der Waals surface area contributed by atoms with Crippen LogP contribution in [0.2, 0.25) is 0 Å². The van der Waals surface area contributed by atoms with Gasteiger partial charge in [0.15, 0.2) is 5.13 Å². The lowest BCUT2D eigenvalue weighted by Crippen LogP contribution is -2.13. The maximum absolute atomic E-state index is 11.5. The van der Waals surface area contributed by atoms with Gasteiger partial charge in [0.2, 0.25) is 0 Å². The minimum Gasteiger partial charge on any atom is -0.758 e. The van der Waals surface area contributed by atoms with Gasteiger partial charge in [0.05, 0.1) is 5.69 Å². The molecule has 2 aromatic heterocycles. The second kappa shape index (κ2) is 7.11. The topological polar surface area (TPSA) is 64.1 Å². The van der Waals surface area contributed by atoms with Crippen LogP contribution in [0, 0.1) is 12.1 Å². The molecular weight excluding hydrogens is 344 g/mol. The lowest BCUT2D eigenvalue weighted by molar-refractivity contribution is 0.573. The summed E-state index contributed by atoms with van der Waals surface area (Å²) in [5, 5.41) is 18.5. The van der Waals surface area contributed by atoms with Gasteiger partial charge in [0.1, 0.15) is 5.82 Å². The first-order valence-corrected chi connectivity index (χ1v) is 9.13. The molecule has 3 aromatic rings. The minimum absolute atomic E-state index is 0.379. The fourth-order valence-electron chi connectivity index (χ4n) is 2.76. The number of aromatic nitrogens is 2. The van der Waals surface area contributed by atoms with Crippen molar-refractivity contribution >= 4 is 27.9 Å². The Kier molecular flexibility index (Phi) is 4.51. The Bertz CT molecular complexity index is 975. The van der Waals surface area contributed by atoms with Crippen LogP contribution >= 0.6 is 11.3 Å². The monoisotopic (exact) mass is 361 g/mol. The van der Waals surface area contributed by atoms with Crippen molar-refractivity contribution in [1.82, 2.24) is 15.0 Å². The number of hydroxylamine groups is 2. The van der Waals surface area contributed by atoms with Crippen molar-refractivity contribution in [2.75, 3.05) is 11.9 Å². The maximum atomic E-state index is 11.5. The largest absolute Gasteiger partial charge is 0.758 e. The van der Waals surface area contributed by atoms with Crippen LogP contribution in [0.1, 0.15) is 11.3 Å². The van der Waals surface area contributed by atoms with E-state index in [-0.39, 0.29) is 0 Å². The van der Waals surface area contributed by atoms with Gasteiger partial charge in [-0.25, -0.2) is 9.97 Å². The van der Waals surface area contributed by atoms with E-state index in [2.05, 4.69) is 15.3 Å². The Labute approximate surface area is 155 Å². The molecule has 1 aromatic carbocycles. The molecule has 0 amide bonds. The average Bonchev–Trinajstić information content (AvgIpc) is 3.10. The molecule has 6 heteroatoms. The molecule has 3 heterocycles. The van der Waals surface area contributed by atoms with E-state index in [0.29, 0.717) is 6.54 Å². The second-order valence-corrected chi connectivity index (χ2v) is 6.87. The zero-order chi connectivity index (χ0) is 17.9. The van der Waals surface area contributed by atoms with Crippen molar-refractivity contribution in [2.45, 2.75) is 6.92 Å². The van der Waals surface area contributed by atoms with Gasteiger partial charge in [0, 0.05) is 23.2 Å².